The molecule has 4 heterocycles. The van der Waals surface area contributed by atoms with Crippen LogP contribution in [0.5, 0.6) is 0 Å². The number of aliphatic imine (C=N–C) groups is 1. The molecule has 0 aromatic rings. The molecule has 3 N–H and O–H groups in total. The maximum absolute atomic E-state index is 13.0. The Balaban J connectivity index is 1.34. The fourth-order valence-electron chi connectivity index (χ4n) is 4.83. The third-order valence-corrected chi connectivity index (χ3v) is 6.41. The molecule has 144 valence electrons. The van der Waals surface area contributed by atoms with Gasteiger partial charge in [0.2, 0.25) is 5.91 Å². The zero-order chi connectivity index (χ0) is 18.1. The van der Waals surface area contributed by atoms with Gasteiger partial charge in [0, 0.05) is 38.9 Å². The summed E-state index contributed by atoms with van der Waals surface area (Å²) in [6.45, 7) is 4.77. The van der Waals surface area contributed by atoms with Crippen molar-refractivity contribution in [3.05, 3.63) is 0 Å². The number of rotatable bonds is 2. The first-order valence-corrected chi connectivity index (χ1v) is 9.85. The van der Waals surface area contributed by atoms with Gasteiger partial charge in [-0.15, -0.1) is 0 Å². The van der Waals surface area contributed by atoms with E-state index in [-0.39, 0.29) is 23.7 Å². The van der Waals surface area contributed by atoms with Crippen LogP contribution in [-0.2, 0) is 14.3 Å². The van der Waals surface area contributed by atoms with Crippen molar-refractivity contribution in [3.63, 3.8) is 0 Å². The Morgan fingerprint density at radius 3 is 2.58 bits per heavy atom. The average Bonchev–Trinajstić information content (AvgIpc) is 2.95. The highest BCUT2D eigenvalue weighted by Gasteiger charge is 2.46. The van der Waals surface area contributed by atoms with Crippen LogP contribution in [0.4, 0.5) is 0 Å². The minimum Gasteiger partial charge on any atom is -0.381 e. The van der Waals surface area contributed by atoms with Gasteiger partial charge in [-0.05, 0) is 45.1 Å². The topological polar surface area (TPSA) is 100 Å². The Morgan fingerprint density at radius 2 is 1.92 bits per heavy atom. The summed E-state index contributed by atoms with van der Waals surface area (Å²) in [4.78, 5) is 33.9. The summed E-state index contributed by atoms with van der Waals surface area (Å²) in [5.74, 6) is 0.401. The third kappa shape index (κ3) is 3.32. The van der Waals surface area contributed by atoms with Gasteiger partial charge in [0.25, 0.3) is 5.91 Å². The summed E-state index contributed by atoms with van der Waals surface area (Å²) in [6.07, 6.45) is 5.30. The molecule has 0 saturated carbocycles. The largest absolute Gasteiger partial charge is 0.381 e. The number of nitrogens with two attached hydrogens (primary N) is 1. The predicted molar refractivity (Wildman–Crippen MR) is 96.4 cm³/mol. The second kappa shape index (κ2) is 7.15. The maximum atomic E-state index is 13.0. The highest BCUT2D eigenvalue weighted by atomic mass is 16.5. The normalized spacial score (nSPS) is 30.3. The van der Waals surface area contributed by atoms with E-state index in [0.717, 1.165) is 52.0 Å². The highest BCUT2D eigenvalue weighted by Crippen LogP contribution is 2.31. The van der Waals surface area contributed by atoms with Crippen LogP contribution in [0.15, 0.2) is 4.99 Å². The van der Waals surface area contributed by atoms with E-state index < -0.39 is 5.54 Å². The lowest BCUT2D eigenvalue weighted by Crippen LogP contribution is -2.54. The lowest BCUT2D eigenvalue weighted by Gasteiger charge is -2.42. The number of amides is 2. The van der Waals surface area contributed by atoms with Gasteiger partial charge in [0.1, 0.15) is 5.54 Å². The lowest BCUT2D eigenvalue weighted by atomic mass is 9.86. The Hall–Kier alpha value is -1.67. The molecule has 0 aromatic heterocycles. The van der Waals surface area contributed by atoms with E-state index in [1.165, 1.54) is 0 Å². The van der Waals surface area contributed by atoms with Gasteiger partial charge < -0.3 is 15.4 Å². The molecule has 0 radical (unpaired) electrons. The molecule has 1 unspecified atom stereocenters. The molecule has 8 nitrogen and oxygen atoms in total. The summed E-state index contributed by atoms with van der Waals surface area (Å²) >= 11 is 0. The zero-order valence-corrected chi connectivity index (χ0v) is 15.3. The molecule has 1 spiro atoms. The number of hydrogen-bond acceptors (Lipinski definition) is 6. The predicted octanol–water partition coefficient (Wildman–Crippen LogP) is -0.317. The van der Waals surface area contributed by atoms with Crippen LogP contribution in [0.2, 0.25) is 0 Å². The first kappa shape index (κ1) is 17.7. The molecule has 4 aliphatic rings. The molecule has 4 rings (SSSR count). The third-order valence-electron chi connectivity index (χ3n) is 6.41. The molecule has 0 aromatic carbocycles. The molecular weight excluding hydrogens is 334 g/mol. The van der Waals surface area contributed by atoms with E-state index in [9.17, 15) is 9.59 Å². The second-order valence-corrected chi connectivity index (χ2v) is 7.99. The van der Waals surface area contributed by atoms with Crippen LogP contribution in [-0.4, -0.2) is 78.5 Å². The standard InChI is InChI=1S/C18H29N5O3/c19-17-20-16(25)18(21-17)5-8-22(9-6-18)15(24)13-2-1-7-23(12-13)14-3-10-26-11-4-14/h13-14H,1-12H2,(H3,19,20,21,25). The van der Waals surface area contributed by atoms with Gasteiger partial charge >= 0.3 is 0 Å². The fourth-order valence-corrected chi connectivity index (χ4v) is 4.83. The van der Waals surface area contributed by atoms with Crippen molar-refractivity contribution in [1.82, 2.24) is 15.1 Å². The summed E-state index contributed by atoms with van der Waals surface area (Å²) in [7, 11) is 0. The Labute approximate surface area is 154 Å². The van der Waals surface area contributed by atoms with Gasteiger partial charge in [-0.2, -0.15) is 0 Å². The maximum Gasteiger partial charge on any atom is 0.254 e. The zero-order valence-electron chi connectivity index (χ0n) is 15.3. The number of nitrogens with zero attached hydrogens (tertiary/aromatic N) is 3. The summed E-state index contributed by atoms with van der Waals surface area (Å²) in [5, 5.41) is 2.60. The van der Waals surface area contributed by atoms with E-state index >= 15 is 0 Å². The van der Waals surface area contributed by atoms with Crippen molar-refractivity contribution >= 4 is 17.8 Å². The lowest BCUT2D eigenvalue weighted by molar-refractivity contribution is -0.141. The minimum atomic E-state index is -0.748. The van der Waals surface area contributed by atoms with Gasteiger partial charge in [-0.1, -0.05) is 0 Å². The van der Waals surface area contributed by atoms with E-state index in [0.29, 0.717) is 32.0 Å². The summed E-state index contributed by atoms with van der Waals surface area (Å²) < 4.78 is 5.47. The van der Waals surface area contributed by atoms with Crippen molar-refractivity contribution in [1.29, 1.82) is 0 Å². The molecule has 8 heteroatoms. The molecule has 1 atom stereocenters. The van der Waals surface area contributed by atoms with Crippen LogP contribution in [0, 0.1) is 5.92 Å². The van der Waals surface area contributed by atoms with Crippen LogP contribution >= 0.6 is 0 Å². The van der Waals surface area contributed by atoms with Gasteiger partial charge in [-0.3, -0.25) is 19.8 Å². The van der Waals surface area contributed by atoms with Gasteiger partial charge in [-0.25, -0.2) is 4.99 Å². The average molecular weight is 363 g/mol. The number of nitrogens with one attached hydrogen (secondary N) is 1. The number of carbonyl (C=O) groups excluding carboxylic acids is 2. The van der Waals surface area contributed by atoms with Crippen molar-refractivity contribution in [2.75, 3.05) is 39.4 Å². The first-order valence-electron chi connectivity index (χ1n) is 9.85. The number of hydrogen-bond donors (Lipinski definition) is 2. The number of likely N-dealkylation sites (tertiary alicyclic amines) is 2. The van der Waals surface area contributed by atoms with Crippen molar-refractivity contribution in [3.8, 4) is 0 Å². The Kier molecular flexibility index (Phi) is 4.88. The Bertz CT molecular complexity index is 594. The molecule has 3 saturated heterocycles. The quantitative estimate of drug-likeness (QED) is 0.701. The second-order valence-electron chi connectivity index (χ2n) is 7.99. The van der Waals surface area contributed by atoms with E-state index in [4.69, 9.17) is 10.5 Å². The number of piperidine rings is 2. The number of carbonyl (C=O) groups is 2. The van der Waals surface area contributed by atoms with Crippen LogP contribution in [0.25, 0.3) is 0 Å². The molecule has 2 amide bonds. The van der Waals surface area contributed by atoms with E-state index in [2.05, 4.69) is 15.2 Å². The molecule has 4 aliphatic heterocycles. The van der Waals surface area contributed by atoms with Crippen molar-refractivity contribution in [2.24, 2.45) is 16.6 Å². The number of guanidine groups is 1. The van der Waals surface area contributed by atoms with E-state index in [1.54, 1.807) is 0 Å². The van der Waals surface area contributed by atoms with Crippen LogP contribution in [0.1, 0.15) is 38.5 Å². The van der Waals surface area contributed by atoms with Crippen molar-refractivity contribution < 1.29 is 14.3 Å². The monoisotopic (exact) mass is 363 g/mol. The Morgan fingerprint density at radius 1 is 1.19 bits per heavy atom. The van der Waals surface area contributed by atoms with E-state index in [1.807, 2.05) is 4.90 Å². The van der Waals surface area contributed by atoms with Crippen LogP contribution in [0.3, 0.4) is 0 Å². The highest BCUT2D eigenvalue weighted by molar-refractivity contribution is 6.06. The van der Waals surface area contributed by atoms with Crippen molar-refractivity contribution in [2.45, 2.75) is 50.1 Å². The molecule has 0 bridgehead atoms. The summed E-state index contributed by atoms with van der Waals surface area (Å²) in [5.41, 5.74) is 4.90. The minimum absolute atomic E-state index is 0.0756. The van der Waals surface area contributed by atoms with Gasteiger partial charge in [0.15, 0.2) is 5.96 Å². The van der Waals surface area contributed by atoms with Crippen LogP contribution < -0.4 is 11.1 Å². The molecular formula is C18H29N5O3. The van der Waals surface area contributed by atoms with Gasteiger partial charge in [0.05, 0.1) is 5.92 Å². The molecule has 26 heavy (non-hydrogen) atoms. The fraction of sp³-hybridized carbons (Fsp3) is 0.833. The first-order chi connectivity index (χ1) is 12.6. The number of ether oxygens (including phenoxy) is 1. The summed E-state index contributed by atoms with van der Waals surface area (Å²) in [6, 6.07) is 0.559. The molecule has 0 aliphatic carbocycles. The smallest absolute Gasteiger partial charge is 0.254 e. The SMILES string of the molecule is NC1=NC2(CCN(C(=O)C3CCCN(C4CCOCC4)C3)CC2)C(=O)N1. The molecule has 3 fully saturated rings.